The fraction of sp³-hybridized carbons (Fsp3) is 0.500. The second kappa shape index (κ2) is 6.09. The minimum atomic E-state index is -4.07. The van der Waals surface area contributed by atoms with Crippen LogP contribution in [0.15, 0.2) is 17.0 Å². The zero-order chi connectivity index (χ0) is 15.6. The van der Waals surface area contributed by atoms with Crippen molar-refractivity contribution >= 4 is 15.8 Å². The number of benzene rings is 1. The fourth-order valence-electron chi connectivity index (χ4n) is 2.63. The highest BCUT2D eigenvalue weighted by Crippen LogP contribution is 2.30. The van der Waals surface area contributed by atoms with Crippen molar-refractivity contribution in [3.05, 3.63) is 29.3 Å². The van der Waals surface area contributed by atoms with Gasteiger partial charge in [-0.15, -0.1) is 0 Å². The van der Waals surface area contributed by atoms with Gasteiger partial charge in [0.2, 0.25) is 0 Å². The number of carboxylic acid groups (broad SMARTS) is 1. The molecule has 0 saturated heterocycles. The van der Waals surface area contributed by atoms with Crippen LogP contribution >= 0.6 is 0 Å². The summed E-state index contributed by atoms with van der Waals surface area (Å²) in [6.45, 7) is 0. The van der Waals surface area contributed by atoms with E-state index in [4.69, 9.17) is 5.11 Å². The van der Waals surface area contributed by atoms with Crippen LogP contribution in [0.4, 0.5) is 8.78 Å². The second-order valence-electron chi connectivity index (χ2n) is 5.23. The van der Waals surface area contributed by atoms with E-state index in [1.807, 2.05) is 0 Å². The molecule has 0 aromatic heterocycles. The van der Waals surface area contributed by atoms with E-state index in [1.54, 1.807) is 0 Å². The van der Waals surface area contributed by atoms with Crippen molar-refractivity contribution in [2.24, 2.45) is 0 Å². The molecule has 2 rings (SSSR count). The third kappa shape index (κ3) is 3.23. The monoisotopic (exact) mass is 318 g/mol. The molecule has 116 valence electrons. The molecule has 0 aliphatic heterocycles. The van der Waals surface area contributed by atoms with E-state index < -0.39 is 43.1 Å². The number of sulfone groups is 1. The Morgan fingerprint density at radius 3 is 2.19 bits per heavy atom. The molecule has 21 heavy (non-hydrogen) atoms. The van der Waals surface area contributed by atoms with Crippen LogP contribution in [0, 0.1) is 11.6 Å². The molecular weight excluding hydrogens is 302 g/mol. The van der Waals surface area contributed by atoms with E-state index in [0.29, 0.717) is 37.8 Å². The summed E-state index contributed by atoms with van der Waals surface area (Å²) in [5.74, 6) is -4.45. The van der Waals surface area contributed by atoms with Crippen LogP contribution in [0.25, 0.3) is 0 Å². The Morgan fingerprint density at radius 2 is 1.67 bits per heavy atom. The van der Waals surface area contributed by atoms with Crippen LogP contribution in [0.2, 0.25) is 0 Å². The molecule has 1 saturated carbocycles. The van der Waals surface area contributed by atoms with Crippen LogP contribution in [0.3, 0.4) is 0 Å². The molecule has 0 atom stereocenters. The van der Waals surface area contributed by atoms with E-state index in [2.05, 4.69) is 0 Å². The first-order valence-corrected chi connectivity index (χ1v) is 8.35. The predicted octanol–water partition coefficient (Wildman–Crippen LogP) is 3.16. The Labute approximate surface area is 121 Å². The molecule has 0 spiro atoms. The number of carboxylic acids is 1. The molecule has 1 N–H and O–H groups in total. The molecule has 1 aromatic carbocycles. The van der Waals surface area contributed by atoms with Crippen LogP contribution in [-0.4, -0.2) is 24.7 Å². The lowest BCUT2D eigenvalue weighted by molar-refractivity contribution is 0.0696. The molecule has 1 aromatic rings. The molecular formula is C14H16F2O4S. The quantitative estimate of drug-likeness (QED) is 0.869. The standard InChI is InChI=1S/C14H16F2O4S/c15-11-7-9(14(17)18)8-12(13(11)16)21(19,20)10-5-3-1-2-4-6-10/h7-8,10H,1-6H2,(H,17,18). The molecule has 1 fully saturated rings. The number of carbonyl (C=O) groups is 1. The van der Waals surface area contributed by atoms with E-state index >= 15 is 0 Å². The number of hydrogen-bond acceptors (Lipinski definition) is 3. The van der Waals surface area contributed by atoms with Gasteiger partial charge in [-0.05, 0) is 25.0 Å². The summed E-state index contributed by atoms with van der Waals surface area (Å²) >= 11 is 0. The van der Waals surface area contributed by atoms with E-state index in [9.17, 15) is 22.0 Å². The molecule has 7 heteroatoms. The zero-order valence-electron chi connectivity index (χ0n) is 11.3. The van der Waals surface area contributed by atoms with Crippen molar-refractivity contribution in [2.45, 2.75) is 48.7 Å². The largest absolute Gasteiger partial charge is 0.478 e. The molecule has 0 amide bonds. The summed E-state index contributed by atoms with van der Waals surface area (Å²) in [4.78, 5) is 10.1. The molecule has 0 heterocycles. The van der Waals surface area contributed by atoms with Crippen molar-refractivity contribution in [1.29, 1.82) is 0 Å². The van der Waals surface area contributed by atoms with Crippen molar-refractivity contribution in [1.82, 2.24) is 0 Å². The van der Waals surface area contributed by atoms with Crippen molar-refractivity contribution in [3.63, 3.8) is 0 Å². The second-order valence-corrected chi connectivity index (χ2v) is 7.43. The topological polar surface area (TPSA) is 71.4 Å². The van der Waals surface area contributed by atoms with Gasteiger partial charge in [0.25, 0.3) is 0 Å². The third-order valence-electron chi connectivity index (χ3n) is 3.79. The van der Waals surface area contributed by atoms with Gasteiger partial charge < -0.3 is 5.11 Å². The lowest BCUT2D eigenvalue weighted by Gasteiger charge is -2.16. The molecule has 0 radical (unpaired) electrons. The lowest BCUT2D eigenvalue weighted by atomic mass is 10.2. The first kappa shape index (κ1) is 15.9. The number of halogens is 2. The summed E-state index contributed by atoms with van der Waals surface area (Å²) < 4.78 is 52.3. The maximum atomic E-state index is 13.9. The van der Waals surface area contributed by atoms with Gasteiger partial charge in [0.15, 0.2) is 21.5 Å². The van der Waals surface area contributed by atoms with E-state index in [-0.39, 0.29) is 0 Å². The molecule has 0 unspecified atom stereocenters. The van der Waals surface area contributed by atoms with Crippen LogP contribution in [0.5, 0.6) is 0 Å². The Kier molecular flexibility index (Phi) is 4.61. The first-order valence-electron chi connectivity index (χ1n) is 6.80. The van der Waals surface area contributed by atoms with Crippen molar-refractivity contribution in [2.75, 3.05) is 0 Å². The van der Waals surface area contributed by atoms with E-state index in [1.165, 1.54) is 0 Å². The van der Waals surface area contributed by atoms with Crippen LogP contribution in [0.1, 0.15) is 48.9 Å². The maximum Gasteiger partial charge on any atom is 0.335 e. The van der Waals surface area contributed by atoms with Crippen LogP contribution < -0.4 is 0 Å². The lowest BCUT2D eigenvalue weighted by Crippen LogP contribution is -2.22. The van der Waals surface area contributed by atoms with Gasteiger partial charge >= 0.3 is 5.97 Å². The van der Waals surface area contributed by atoms with Crippen molar-refractivity contribution < 1.29 is 27.1 Å². The zero-order valence-corrected chi connectivity index (χ0v) is 12.1. The van der Waals surface area contributed by atoms with Gasteiger partial charge in [-0.2, -0.15) is 0 Å². The summed E-state index contributed by atoms with van der Waals surface area (Å²) in [5, 5.41) is 8.08. The highest BCUT2D eigenvalue weighted by atomic mass is 32.2. The Hall–Kier alpha value is -1.50. The SMILES string of the molecule is O=C(O)c1cc(F)c(F)c(S(=O)(=O)C2CCCCCC2)c1. The average Bonchev–Trinajstić information content (AvgIpc) is 2.70. The molecule has 1 aliphatic rings. The Bertz CT molecular complexity index is 647. The van der Waals surface area contributed by atoms with Gasteiger partial charge in [0, 0.05) is 0 Å². The summed E-state index contributed by atoms with van der Waals surface area (Å²) in [6.07, 6.45) is 4.04. The van der Waals surface area contributed by atoms with Gasteiger partial charge in [0.1, 0.15) is 4.90 Å². The fourth-order valence-corrected chi connectivity index (χ4v) is 4.58. The van der Waals surface area contributed by atoms with Crippen LogP contribution in [-0.2, 0) is 9.84 Å². The maximum absolute atomic E-state index is 13.9. The summed E-state index contributed by atoms with van der Waals surface area (Å²) in [7, 11) is -4.07. The minimum absolute atomic E-state index is 0.390. The first-order chi connectivity index (χ1) is 9.84. The minimum Gasteiger partial charge on any atom is -0.478 e. The average molecular weight is 318 g/mol. The molecule has 1 aliphatic carbocycles. The molecule has 0 bridgehead atoms. The Morgan fingerprint density at radius 1 is 1.10 bits per heavy atom. The summed E-state index contributed by atoms with van der Waals surface area (Å²) in [5.41, 5.74) is -0.568. The number of aromatic carboxylic acids is 1. The number of hydrogen-bond donors (Lipinski definition) is 1. The number of rotatable bonds is 3. The van der Waals surface area contributed by atoms with E-state index in [0.717, 1.165) is 12.8 Å². The smallest absolute Gasteiger partial charge is 0.335 e. The molecule has 4 nitrogen and oxygen atoms in total. The highest BCUT2D eigenvalue weighted by Gasteiger charge is 2.32. The van der Waals surface area contributed by atoms with Gasteiger partial charge in [0.05, 0.1) is 10.8 Å². The predicted molar refractivity (Wildman–Crippen MR) is 72.0 cm³/mol. The normalized spacial score (nSPS) is 17.4. The summed E-state index contributed by atoms with van der Waals surface area (Å²) in [6, 6.07) is 1.20. The van der Waals surface area contributed by atoms with Gasteiger partial charge in [-0.25, -0.2) is 22.0 Å². The van der Waals surface area contributed by atoms with Crippen molar-refractivity contribution in [3.8, 4) is 0 Å². The Balaban J connectivity index is 2.50. The third-order valence-corrected chi connectivity index (χ3v) is 6.05. The highest BCUT2D eigenvalue weighted by molar-refractivity contribution is 7.92. The van der Waals surface area contributed by atoms with Gasteiger partial charge in [-0.1, -0.05) is 25.7 Å². The van der Waals surface area contributed by atoms with Gasteiger partial charge in [-0.3, -0.25) is 0 Å².